The van der Waals surface area contributed by atoms with Crippen LogP contribution in [-0.4, -0.2) is 11.2 Å². The van der Waals surface area contributed by atoms with E-state index in [-0.39, 0.29) is 6.29 Å². The maximum absolute atomic E-state index is 12.5. The lowest BCUT2D eigenvalue weighted by Crippen LogP contribution is -1.97. The number of hydrogen-bond donors (Lipinski definition) is 0. The van der Waals surface area contributed by atoms with Gasteiger partial charge in [0.15, 0.2) is 17.9 Å². The van der Waals surface area contributed by atoms with Crippen molar-refractivity contribution < 1.29 is 18.5 Å². The molecule has 1 aromatic carbocycles. The maximum Gasteiger partial charge on any atom is 0.283 e. The standard InChI is InChI=1S/C7H3F2NO3/c8-5-1-4(3-11)7(10(12)13)2-6(5)9/h1-3H. The van der Waals surface area contributed by atoms with Crippen molar-refractivity contribution in [3.63, 3.8) is 0 Å². The van der Waals surface area contributed by atoms with Crippen LogP contribution < -0.4 is 0 Å². The molecular weight excluding hydrogens is 184 g/mol. The summed E-state index contributed by atoms with van der Waals surface area (Å²) in [5, 5.41) is 10.2. The minimum atomic E-state index is -1.35. The Kier molecular flexibility index (Phi) is 2.32. The van der Waals surface area contributed by atoms with Gasteiger partial charge in [-0.25, -0.2) is 8.78 Å². The van der Waals surface area contributed by atoms with Gasteiger partial charge in [-0.3, -0.25) is 14.9 Å². The second-order valence-corrected chi connectivity index (χ2v) is 2.20. The number of benzene rings is 1. The quantitative estimate of drug-likeness (QED) is 0.402. The summed E-state index contributed by atoms with van der Waals surface area (Å²) in [6.07, 6.45) is 0.0979. The van der Waals surface area contributed by atoms with Gasteiger partial charge in [0.2, 0.25) is 0 Å². The molecule has 0 aliphatic carbocycles. The van der Waals surface area contributed by atoms with E-state index in [0.717, 1.165) is 0 Å². The number of nitro benzene ring substituents is 1. The Bertz CT molecular complexity index is 378. The third kappa shape index (κ3) is 1.66. The van der Waals surface area contributed by atoms with Crippen LogP contribution in [0, 0.1) is 21.7 Å². The normalized spacial score (nSPS) is 9.69. The van der Waals surface area contributed by atoms with Gasteiger partial charge in [0.05, 0.1) is 16.6 Å². The molecule has 4 nitrogen and oxygen atoms in total. The molecule has 0 aliphatic rings. The van der Waals surface area contributed by atoms with E-state index in [0.29, 0.717) is 12.1 Å². The number of carbonyl (C=O) groups is 1. The fourth-order valence-electron chi connectivity index (χ4n) is 0.804. The molecule has 0 aliphatic heterocycles. The Balaban J connectivity index is 3.41. The van der Waals surface area contributed by atoms with Crippen molar-refractivity contribution in [1.82, 2.24) is 0 Å². The van der Waals surface area contributed by atoms with Gasteiger partial charge in [-0.2, -0.15) is 0 Å². The number of hydrogen-bond acceptors (Lipinski definition) is 3. The van der Waals surface area contributed by atoms with Crippen LogP contribution in [-0.2, 0) is 0 Å². The SMILES string of the molecule is O=Cc1cc(F)c(F)cc1[N+](=O)[O-]. The Morgan fingerprint density at radius 1 is 1.31 bits per heavy atom. The molecule has 68 valence electrons. The summed E-state index contributed by atoms with van der Waals surface area (Å²) in [5.41, 5.74) is -1.22. The molecule has 0 heterocycles. The molecule has 0 bridgehead atoms. The fourth-order valence-corrected chi connectivity index (χ4v) is 0.804. The summed E-state index contributed by atoms with van der Waals surface area (Å²) in [6, 6.07) is 0.861. The molecule has 0 N–H and O–H groups in total. The van der Waals surface area contributed by atoms with Crippen LogP contribution in [0.5, 0.6) is 0 Å². The highest BCUT2D eigenvalue weighted by Gasteiger charge is 2.17. The Hall–Kier alpha value is -1.85. The van der Waals surface area contributed by atoms with Gasteiger partial charge in [0.25, 0.3) is 5.69 Å². The van der Waals surface area contributed by atoms with Crippen molar-refractivity contribution in [2.24, 2.45) is 0 Å². The third-order valence-electron chi connectivity index (χ3n) is 1.39. The lowest BCUT2D eigenvalue weighted by atomic mass is 10.2. The summed E-state index contributed by atoms with van der Waals surface area (Å²) in [5.74, 6) is -2.63. The Morgan fingerprint density at radius 3 is 2.31 bits per heavy atom. The zero-order valence-corrected chi connectivity index (χ0v) is 6.16. The first-order valence-electron chi connectivity index (χ1n) is 3.15. The molecule has 0 amide bonds. The van der Waals surface area contributed by atoms with E-state index >= 15 is 0 Å². The van der Waals surface area contributed by atoms with Gasteiger partial charge in [0, 0.05) is 0 Å². The van der Waals surface area contributed by atoms with Gasteiger partial charge in [-0.15, -0.1) is 0 Å². The molecule has 0 radical (unpaired) electrons. The summed E-state index contributed by atoms with van der Waals surface area (Å²) < 4.78 is 24.9. The number of halogens is 2. The molecule has 6 heteroatoms. The van der Waals surface area contributed by atoms with Crippen LogP contribution in [0.2, 0.25) is 0 Å². The van der Waals surface area contributed by atoms with E-state index in [4.69, 9.17) is 0 Å². The molecule has 1 rings (SSSR count). The van der Waals surface area contributed by atoms with Crippen molar-refractivity contribution in [2.75, 3.05) is 0 Å². The van der Waals surface area contributed by atoms with Crippen LogP contribution in [0.3, 0.4) is 0 Å². The number of nitro groups is 1. The zero-order chi connectivity index (χ0) is 10.0. The van der Waals surface area contributed by atoms with Crippen LogP contribution in [0.15, 0.2) is 12.1 Å². The van der Waals surface area contributed by atoms with E-state index in [9.17, 15) is 23.7 Å². The lowest BCUT2D eigenvalue weighted by Gasteiger charge is -1.96. The van der Waals surface area contributed by atoms with Gasteiger partial charge >= 0.3 is 0 Å². The molecular formula is C7H3F2NO3. The zero-order valence-electron chi connectivity index (χ0n) is 6.16. The summed E-state index contributed by atoms with van der Waals surface area (Å²) in [7, 11) is 0. The van der Waals surface area contributed by atoms with E-state index in [1.165, 1.54) is 0 Å². The van der Waals surface area contributed by atoms with Crippen molar-refractivity contribution >= 4 is 12.0 Å². The molecule has 0 saturated carbocycles. The van der Waals surface area contributed by atoms with Crippen molar-refractivity contribution in [1.29, 1.82) is 0 Å². The predicted octanol–water partition coefficient (Wildman–Crippen LogP) is 1.69. The Morgan fingerprint density at radius 2 is 1.85 bits per heavy atom. The van der Waals surface area contributed by atoms with Gasteiger partial charge in [-0.1, -0.05) is 0 Å². The van der Waals surface area contributed by atoms with Crippen LogP contribution in [0.4, 0.5) is 14.5 Å². The second-order valence-electron chi connectivity index (χ2n) is 2.20. The highest BCUT2D eigenvalue weighted by Crippen LogP contribution is 2.20. The summed E-state index contributed by atoms with van der Waals surface area (Å²) in [4.78, 5) is 19.5. The predicted molar refractivity (Wildman–Crippen MR) is 38.4 cm³/mol. The van der Waals surface area contributed by atoms with E-state index in [1.807, 2.05) is 0 Å². The van der Waals surface area contributed by atoms with E-state index in [1.54, 1.807) is 0 Å². The smallest absolute Gasteiger partial charge is 0.283 e. The van der Waals surface area contributed by atoms with Crippen molar-refractivity contribution in [3.8, 4) is 0 Å². The highest BCUT2D eigenvalue weighted by molar-refractivity contribution is 5.81. The van der Waals surface area contributed by atoms with Gasteiger partial charge in [0.1, 0.15) is 0 Å². The second kappa shape index (κ2) is 3.26. The van der Waals surface area contributed by atoms with Gasteiger partial charge in [-0.05, 0) is 6.07 Å². The third-order valence-corrected chi connectivity index (χ3v) is 1.39. The average molecular weight is 187 g/mol. The largest absolute Gasteiger partial charge is 0.298 e. The van der Waals surface area contributed by atoms with Crippen molar-refractivity contribution in [3.05, 3.63) is 39.4 Å². The average Bonchev–Trinajstić information content (AvgIpc) is 2.08. The maximum atomic E-state index is 12.5. The van der Waals surface area contributed by atoms with Gasteiger partial charge < -0.3 is 0 Å². The van der Waals surface area contributed by atoms with Crippen LogP contribution >= 0.6 is 0 Å². The number of carbonyl (C=O) groups excluding carboxylic acids is 1. The van der Waals surface area contributed by atoms with Crippen molar-refractivity contribution in [2.45, 2.75) is 0 Å². The lowest BCUT2D eigenvalue weighted by molar-refractivity contribution is -0.385. The molecule has 1 aromatic rings. The number of nitrogens with zero attached hydrogens (tertiary/aromatic N) is 1. The topological polar surface area (TPSA) is 60.2 Å². The van der Waals surface area contributed by atoms with E-state index < -0.39 is 27.8 Å². The first kappa shape index (κ1) is 9.24. The summed E-state index contributed by atoms with van der Waals surface area (Å²) >= 11 is 0. The minimum absolute atomic E-state index is 0.0979. The minimum Gasteiger partial charge on any atom is -0.298 e. The summed E-state index contributed by atoms with van der Waals surface area (Å²) in [6.45, 7) is 0. The number of rotatable bonds is 2. The molecule has 0 saturated heterocycles. The fraction of sp³-hybridized carbons (Fsp3) is 0. The Labute approximate surface area is 70.9 Å². The van der Waals surface area contributed by atoms with E-state index in [2.05, 4.69) is 0 Å². The molecule has 0 spiro atoms. The molecule has 0 aromatic heterocycles. The molecule has 13 heavy (non-hydrogen) atoms. The monoisotopic (exact) mass is 187 g/mol. The number of aldehydes is 1. The molecule has 0 unspecified atom stereocenters. The van der Waals surface area contributed by atoms with Crippen LogP contribution in [0.25, 0.3) is 0 Å². The first-order chi connectivity index (χ1) is 6.06. The first-order valence-corrected chi connectivity index (χ1v) is 3.15. The molecule has 0 atom stereocenters. The van der Waals surface area contributed by atoms with Crippen LogP contribution in [0.1, 0.15) is 10.4 Å². The molecule has 0 fully saturated rings. The highest BCUT2D eigenvalue weighted by atomic mass is 19.2.